The number of hydrogen-bond donors (Lipinski definition) is 1. The van der Waals surface area contributed by atoms with Crippen LogP contribution in [-0.2, 0) is 4.79 Å². The largest absolute Gasteiger partial charge is 0.355 e. The molecule has 1 heterocycles. The van der Waals surface area contributed by atoms with Crippen LogP contribution < -0.4 is 10.2 Å². The van der Waals surface area contributed by atoms with Gasteiger partial charge >= 0.3 is 0 Å². The highest BCUT2D eigenvalue weighted by atomic mass is 35.5. The Labute approximate surface area is 117 Å². The lowest BCUT2D eigenvalue weighted by molar-refractivity contribution is -0.117. The van der Waals surface area contributed by atoms with Gasteiger partial charge in [-0.3, -0.25) is 9.59 Å². The fourth-order valence-electron chi connectivity index (χ4n) is 2.19. The van der Waals surface area contributed by atoms with Crippen molar-refractivity contribution in [3.63, 3.8) is 0 Å². The van der Waals surface area contributed by atoms with Gasteiger partial charge in [0.15, 0.2) is 0 Å². The standard InChI is InChI=1S/C14H15ClN2O2/c1-3-9-6-13(18)17(8-9)12-5-4-10(15)7-11(12)14(19)16-2/h3-5,7,9H,1,6,8H2,2H3,(H,16,19). The Morgan fingerprint density at radius 3 is 2.89 bits per heavy atom. The van der Waals surface area contributed by atoms with Crippen molar-refractivity contribution >= 4 is 29.1 Å². The summed E-state index contributed by atoms with van der Waals surface area (Å²) in [5, 5.41) is 3.02. The summed E-state index contributed by atoms with van der Waals surface area (Å²) in [4.78, 5) is 25.5. The summed E-state index contributed by atoms with van der Waals surface area (Å²) in [6.45, 7) is 4.26. The van der Waals surface area contributed by atoms with Gasteiger partial charge in [0.1, 0.15) is 0 Å². The normalized spacial score (nSPS) is 18.5. The van der Waals surface area contributed by atoms with Crippen LogP contribution in [0.25, 0.3) is 0 Å². The summed E-state index contributed by atoms with van der Waals surface area (Å²) in [6.07, 6.45) is 2.20. The van der Waals surface area contributed by atoms with E-state index < -0.39 is 0 Å². The molecule has 1 aliphatic heterocycles. The van der Waals surface area contributed by atoms with Crippen LogP contribution in [0.1, 0.15) is 16.8 Å². The average Bonchev–Trinajstić information content (AvgIpc) is 2.79. The molecule has 0 spiro atoms. The molecule has 1 fully saturated rings. The highest BCUT2D eigenvalue weighted by Gasteiger charge is 2.31. The van der Waals surface area contributed by atoms with Crippen LogP contribution in [0, 0.1) is 5.92 Å². The molecule has 0 radical (unpaired) electrons. The maximum atomic E-state index is 12.0. The lowest BCUT2D eigenvalue weighted by Gasteiger charge is -2.19. The first-order valence-electron chi connectivity index (χ1n) is 6.01. The van der Waals surface area contributed by atoms with E-state index in [0.29, 0.717) is 29.2 Å². The third-order valence-electron chi connectivity index (χ3n) is 3.21. The molecular weight excluding hydrogens is 264 g/mol. The number of rotatable bonds is 3. The van der Waals surface area contributed by atoms with Crippen molar-refractivity contribution in [2.75, 3.05) is 18.5 Å². The van der Waals surface area contributed by atoms with Crippen molar-refractivity contribution < 1.29 is 9.59 Å². The molecule has 0 aromatic heterocycles. The first kappa shape index (κ1) is 13.6. The summed E-state index contributed by atoms with van der Waals surface area (Å²) in [5.41, 5.74) is 1.01. The number of carbonyl (C=O) groups excluding carboxylic acids is 2. The molecule has 0 aliphatic carbocycles. The number of amides is 2. The second kappa shape index (κ2) is 5.45. The molecule has 1 saturated heterocycles. The van der Waals surface area contributed by atoms with Crippen molar-refractivity contribution in [3.8, 4) is 0 Å². The molecule has 1 atom stereocenters. The number of halogens is 1. The molecule has 2 amide bonds. The fraction of sp³-hybridized carbons (Fsp3) is 0.286. The van der Waals surface area contributed by atoms with Gasteiger partial charge in [-0.25, -0.2) is 0 Å². The highest BCUT2D eigenvalue weighted by molar-refractivity contribution is 6.31. The Bertz CT molecular complexity index is 542. The van der Waals surface area contributed by atoms with Gasteiger partial charge in [-0.05, 0) is 18.2 Å². The van der Waals surface area contributed by atoms with Crippen molar-refractivity contribution in [2.45, 2.75) is 6.42 Å². The predicted octanol–water partition coefficient (Wildman–Crippen LogP) is 2.24. The van der Waals surface area contributed by atoms with Gasteiger partial charge in [0, 0.05) is 31.0 Å². The average molecular weight is 279 g/mol. The molecule has 1 unspecified atom stereocenters. The minimum Gasteiger partial charge on any atom is -0.355 e. The molecule has 100 valence electrons. The van der Waals surface area contributed by atoms with Gasteiger partial charge < -0.3 is 10.2 Å². The Morgan fingerprint density at radius 2 is 2.32 bits per heavy atom. The smallest absolute Gasteiger partial charge is 0.253 e. The van der Waals surface area contributed by atoms with Gasteiger partial charge in [0.2, 0.25) is 5.91 Å². The molecule has 1 aromatic rings. The molecule has 0 saturated carbocycles. The van der Waals surface area contributed by atoms with E-state index in [2.05, 4.69) is 11.9 Å². The Morgan fingerprint density at radius 1 is 1.58 bits per heavy atom. The zero-order valence-corrected chi connectivity index (χ0v) is 11.4. The van der Waals surface area contributed by atoms with E-state index >= 15 is 0 Å². The van der Waals surface area contributed by atoms with E-state index in [1.54, 1.807) is 36.2 Å². The number of nitrogens with one attached hydrogen (secondary N) is 1. The van der Waals surface area contributed by atoms with Gasteiger partial charge in [-0.15, -0.1) is 6.58 Å². The minimum absolute atomic E-state index is 0.00243. The van der Waals surface area contributed by atoms with Crippen LogP contribution in [-0.4, -0.2) is 25.4 Å². The van der Waals surface area contributed by atoms with E-state index in [1.807, 2.05) is 0 Å². The highest BCUT2D eigenvalue weighted by Crippen LogP contribution is 2.30. The van der Waals surface area contributed by atoms with Crippen LogP contribution in [0.15, 0.2) is 30.9 Å². The van der Waals surface area contributed by atoms with E-state index in [-0.39, 0.29) is 17.7 Å². The minimum atomic E-state index is -0.257. The summed E-state index contributed by atoms with van der Waals surface area (Å²) in [6, 6.07) is 4.96. The van der Waals surface area contributed by atoms with Crippen LogP contribution in [0.4, 0.5) is 5.69 Å². The van der Waals surface area contributed by atoms with Gasteiger partial charge in [0.25, 0.3) is 5.91 Å². The molecule has 19 heavy (non-hydrogen) atoms. The number of nitrogens with zero attached hydrogens (tertiary/aromatic N) is 1. The third-order valence-corrected chi connectivity index (χ3v) is 3.44. The Balaban J connectivity index is 2.42. The van der Waals surface area contributed by atoms with Crippen LogP contribution in [0.5, 0.6) is 0 Å². The monoisotopic (exact) mass is 278 g/mol. The Hall–Kier alpha value is -1.81. The van der Waals surface area contributed by atoms with Crippen LogP contribution >= 0.6 is 11.6 Å². The lowest BCUT2D eigenvalue weighted by atomic mass is 10.1. The lowest BCUT2D eigenvalue weighted by Crippen LogP contribution is -2.28. The number of anilines is 1. The van der Waals surface area contributed by atoms with Crippen LogP contribution in [0.3, 0.4) is 0 Å². The number of benzene rings is 1. The Kier molecular flexibility index (Phi) is 3.90. The number of hydrogen-bond acceptors (Lipinski definition) is 2. The summed E-state index contributed by atoms with van der Waals surface area (Å²) in [5.74, 6) is -0.134. The maximum absolute atomic E-state index is 12.0. The second-order valence-electron chi connectivity index (χ2n) is 4.44. The topological polar surface area (TPSA) is 49.4 Å². The molecule has 0 bridgehead atoms. The van der Waals surface area contributed by atoms with Crippen molar-refractivity contribution in [3.05, 3.63) is 41.4 Å². The quantitative estimate of drug-likeness (QED) is 0.862. The van der Waals surface area contributed by atoms with Crippen molar-refractivity contribution in [1.82, 2.24) is 5.32 Å². The molecule has 1 N–H and O–H groups in total. The number of carbonyl (C=O) groups is 2. The van der Waals surface area contributed by atoms with E-state index in [1.165, 1.54) is 0 Å². The molecule has 4 nitrogen and oxygen atoms in total. The molecule has 1 aliphatic rings. The van der Waals surface area contributed by atoms with Crippen molar-refractivity contribution in [1.29, 1.82) is 0 Å². The van der Waals surface area contributed by atoms with Crippen molar-refractivity contribution in [2.24, 2.45) is 5.92 Å². The van der Waals surface area contributed by atoms with Gasteiger partial charge in [0.05, 0.1) is 11.3 Å². The van der Waals surface area contributed by atoms with E-state index in [0.717, 1.165) is 0 Å². The summed E-state index contributed by atoms with van der Waals surface area (Å²) >= 11 is 5.92. The zero-order chi connectivity index (χ0) is 14.0. The first-order valence-corrected chi connectivity index (χ1v) is 6.39. The third kappa shape index (κ3) is 2.63. The van der Waals surface area contributed by atoms with Gasteiger partial charge in [-0.1, -0.05) is 17.7 Å². The molecule has 5 heteroatoms. The van der Waals surface area contributed by atoms with E-state index in [9.17, 15) is 9.59 Å². The SMILES string of the molecule is C=CC1CC(=O)N(c2ccc(Cl)cc2C(=O)NC)C1. The first-order chi connectivity index (χ1) is 9.06. The maximum Gasteiger partial charge on any atom is 0.253 e. The summed E-state index contributed by atoms with van der Waals surface area (Å²) < 4.78 is 0. The predicted molar refractivity (Wildman–Crippen MR) is 75.5 cm³/mol. The molecule has 1 aromatic carbocycles. The second-order valence-corrected chi connectivity index (χ2v) is 4.88. The molecular formula is C14H15ClN2O2. The summed E-state index contributed by atoms with van der Waals surface area (Å²) in [7, 11) is 1.55. The van der Waals surface area contributed by atoms with Crippen LogP contribution in [0.2, 0.25) is 5.02 Å². The fourth-order valence-corrected chi connectivity index (χ4v) is 2.36. The van der Waals surface area contributed by atoms with E-state index in [4.69, 9.17) is 11.6 Å². The zero-order valence-electron chi connectivity index (χ0n) is 10.6. The van der Waals surface area contributed by atoms with Gasteiger partial charge in [-0.2, -0.15) is 0 Å². The molecule has 2 rings (SSSR count).